The SMILES string of the molecule is CCC[C@@H](c1nnnn1Cc1ccco1)N(Cc1ccc(OC)cc1)Cc1cc2cccc(C)c2[nH]c1=O. The average Bonchev–Trinajstić information content (AvgIpc) is 3.61. The van der Waals surface area contributed by atoms with Gasteiger partial charge in [-0.2, -0.15) is 0 Å². The molecule has 5 aromatic rings. The normalized spacial score (nSPS) is 12.3. The largest absolute Gasteiger partial charge is 0.497 e. The molecule has 196 valence electrons. The second-order valence-corrected chi connectivity index (χ2v) is 9.49. The maximum Gasteiger partial charge on any atom is 0.252 e. The van der Waals surface area contributed by atoms with Crippen LogP contribution in [0, 0.1) is 6.92 Å². The van der Waals surface area contributed by atoms with Crippen LogP contribution in [0.3, 0.4) is 0 Å². The molecule has 0 spiro atoms. The van der Waals surface area contributed by atoms with Crippen molar-refractivity contribution in [3.63, 3.8) is 0 Å². The number of hydrogen-bond donors (Lipinski definition) is 1. The van der Waals surface area contributed by atoms with Crippen LogP contribution in [0.5, 0.6) is 5.75 Å². The Hall–Kier alpha value is -4.24. The van der Waals surface area contributed by atoms with E-state index in [1.807, 2.05) is 55.5 Å². The highest BCUT2D eigenvalue weighted by Crippen LogP contribution is 2.29. The number of H-pyrrole nitrogens is 1. The number of hydrogen-bond acceptors (Lipinski definition) is 7. The van der Waals surface area contributed by atoms with Crippen LogP contribution in [0.15, 0.2) is 76.1 Å². The number of methoxy groups -OCH3 is 1. The molecule has 0 radical (unpaired) electrons. The summed E-state index contributed by atoms with van der Waals surface area (Å²) in [6, 6.07) is 19.7. The molecule has 0 amide bonds. The van der Waals surface area contributed by atoms with E-state index in [1.165, 1.54) is 0 Å². The summed E-state index contributed by atoms with van der Waals surface area (Å²) in [5, 5.41) is 13.7. The van der Waals surface area contributed by atoms with E-state index in [0.29, 0.717) is 25.2 Å². The van der Waals surface area contributed by atoms with Gasteiger partial charge in [0, 0.05) is 18.7 Å². The lowest BCUT2D eigenvalue weighted by Gasteiger charge is -2.31. The molecule has 3 heterocycles. The lowest BCUT2D eigenvalue weighted by atomic mass is 10.0. The van der Waals surface area contributed by atoms with Crippen molar-refractivity contribution in [1.29, 1.82) is 0 Å². The minimum absolute atomic E-state index is 0.0862. The molecule has 5 rings (SSSR count). The fourth-order valence-electron chi connectivity index (χ4n) is 4.87. The molecule has 0 saturated heterocycles. The number of rotatable bonds is 11. The van der Waals surface area contributed by atoms with Crippen molar-refractivity contribution in [3.8, 4) is 5.75 Å². The lowest BCUT2D eigenvalue weighted by molar-refractivity contribution is 0.155. The standard InChI is InChI=1S/C29H32N6O3/c1-4-7-26(28-31-32-33-35(28)19-25-10-6-15-38-25)34(17-21-11-13-24(37-3)14-12-21)18-23-16-22-9-5-8-20(2)27(22)30-29(23)36/h5-6,8-16,26H,4,7,17-19H2,1-3H3,(H,30,36)/t26-/m0/s1. The van der Waals surface area contributed by atoms with Gasteiger partial charge in [0.05, 0.1) is 24.9 Å². The van der Waals surface area contributed by atoms with Gasteiger partial charge in [0.25, 0.3) is 5.56 Å². The van der Waals surface area contributed by atoms with Crippen molar-refractivity contribution in [1.82, 2.24) is 30.1 Å². The number of aryl methyl sites for hydroxylation is 1. The van der Waals surface area contributed by atoms with Crippen LogP contribution < -0.4 is 10.3 Å². The number of para-hydroxylation sites is 1. The van der Waals surface area contributed by atoms with Crippen LogP contribution in [0.4, 0.5) is 0 Å². The molecule has 2 aromatic carbocycles. The highest BCUT2D eigenvalue weighted by atomic mass is 16.5. The molecule has 0 aliphatic heterocycles. The van der Waals surface area contributed by atoms with Gasteiger partial charge < -0.3 is 14.1 Å². The molecule has 9 heteroatoms. The number of pyridine rings is 1. The summed E-state index contributed by atoms with van der Waals surface area (Å²) in [4.78, 5) is 18.6. The summed E-state index contributed by atoms with van der Waals surface area (Å²) in [6.07, 6.45) is 3.39. The number of benzene rings is 2. The van der Waals surface area contributed by atoms with Crippen molar-refractivity contribution in [2.45, 2.75) is 52.4 Å². The van der Waals surface area contributed by atoms with Gasteiger partial charge in [0.2, 0.25) is 0 Å². The highest BCUT2D eigenvalue weighted by molar-refractivity contribution is 5.81. The fraction of sp³-hybridized carbons (Fsp3) is 0.310. The summed E-state index contributed by atoms with van der Waals surface area (Å²) < 4.78 is 12.7. The van der Waals surface area contributed by atoms with Crippen LogP contribution in [0.1, 0.15) is 54.1 Å². The smallest absolute Gasteiger partial charge is 0.252 e. The minimum atomic E-state index is -0.125. The quantitative estimate of drug-likeness (QED) is 0.265. The summed E-state index contributed by atoms with van der Waals surface area (Å²) >= 11 is 0. The Bertz CT molecular complexity index is 1540. The summed E-state index contributed by atoms with van der Waals surface area (Å²) in [7, 11) is 1.66. The summed E-state index contributed by atoms with van der Waals surface area (Å²) in [5.41, 5.74) is 3.63. The number of nitrogens with zero attached hydrogens (tertiary/aromatic N) is 5. The average molecular weight is 513 g/mol. The van der Waals surface area contributed by atoms with E-state index in [0.717, 1.165) is 52.2 Å². The number of aromatic nitrogens is 5. The molecule has 9 nitrogen and oxygen atoms in total. The van der Waals surface area contributed by atoms with Gasteiger partial charge in [0.15, 0.2) is 5.82 Å². The van der Waals surface area contributed by atoms with E-state index >= 15 is 0 Å². The van der Waals surface area contributed by atoms with Crippen LogP contribution in [0.25, 0.3) is 10.9 Å². The van der Waals surface area contributed by atoms with Gasteiger partial charge in [-0.25, -0.2) is 4.68 Å². The molecular formula is C29H32N6O3. The predicted molar refractivity (Wildman–Crippen MR) is 145 cm³/mol. The van der Waals surface area contributed by atoms with Gasteiger partial charge >= 0.3 is 0 Å². The first-order chi connectivity index (χ1) is 18.6. The fourth-order valence-corrected chi connectivity index (χ4v) is 4.87. The molecule has 0 fully saturated rings. The zero-order chi connectivity index (χ0) is 26.5. The van der Waals surface area contributed by atoms with E-state index in [4.69, 9.17) is 9.15 Å². The Kier molecular flexibility index (Phi) is 7.65. The van der Waals surface area contributed by atoms with Crippen molar-refractivity contribution < 1.29 is 9.15 Å². The zero-order valence-electron chi connectivity index (χ0n) is 21.9. The van der Waals surface area contributed by atoms with E-state index in [2.05, 4.69) is 44.5 Å². The van der Waals surface area contributed by atoms with E-state index in [9.17, 15) is 4.79 Å². The molecule has 38 heavy (non-hydrogen) atoms. The van der Waals surface area contributed by atoms with Crippen molar-refractivity contribution in [3.05, 3.63) is 106 Å². The third-order valence-corrected chi connectivity index (χ3v) is 6.83. The van der Waals surface area contributed by atoms with Gasteiger partial charge in [-0.05, 0) is 70.6 Å². The zero-order valence-corrected chi connectivity index (χ0v) is 21.9. The molecular weight excluding hydrogens is 480 g/mol. The van der Waals surface area contributed by atoms with Crippen LogP contribution >= 0.6 is 0 Å². The summed E-state index contributed by atoms with van der Waals surface area (Å²) in [6.45, 7) is 5.62. The number of fused-ring (bicyclic) bond motifs is 1. The molecule has 1 atom stereocenters. The first kappa shape index (κ1) is 25.4. The highest BCUT2D eigenvalue weighted by Gasteiger charge is 2.27. The van der Waals surface area contributed by atoms with Crippen LogP contribution in [0.2, 0.25) is 0 Å². The first-order valence-corrected chi connectivity index (χ1v) is 12.8. The lowest BCUT2D eigenvalue weighted by Crippen LogP contribution is -2.32. The van der Waals surface area contributed by atoms with Gasteiger partial charge in [-0.1, -0.05) is 43.7 Å². The summed E-state index contributed by atoms with van der Waals surface area (Å²) in [5.74, 6) is 2.32. The van der Waals surface area contributed by atoms with Crippen molar-refractivity contribution in [2.24, 2.45) is 0 Å². The number of nitrogens with one attached hydrogen (secondary N) is 1. The molecule has 0 saturated carbocycles. The molecule has 0 aliphatic carbocycles. The third kappa shape index (κ3) is 5.52. The first-order valence-electron chi connectivity index (χ1n) is 12.8. The monoisotopic (exact) mass is 512 g/mol. The van der Waals surface area contributed by atoms with Crippen LogP contribution in [-0.4, -0.2) is 37.2 Å². The van der Waals surface area contributed by atoms with E-state index in [-0.39, 0.29) is 11.6 Å². The number of ether oxygens (including phenoxy) is 1. The Labute approximate surface area is 221 Å². The third-order valence-electron chi connectivity index (χ3n) is 6.83. The Balaban J connectivity index is 1.54. The molecule has 3 aromatic heterocycles. The second kappa shape index (κ2) is 11.4. The van der Waals surface area contributed by atoms with E-state index < -0.39 is 0 Å². The van der Waals surface area contributed by atoms with Crippen molar-refractivity contribution in [2.75, 3.05) is 7.11 Å². The minimum Gasteiger partial charge on any atom is -0.497 e. The molecule has 0 aliphatic rings. The Morgan fingerprint density at radius 1 is 1.11 bits per heavy atom. The Morgan fingerprint density at radius 2 is 1.95 bits per heavy atom. The number of furan rings is 1. The number of aromatic amines is 1. The maximum atomic E-state index is 13.2. The number of tetrazole rings is 1. The molecule has 0 unspecified atom stereocenters. The molecule has 1 N–H and O–H groups in total. The Morgan fingerprint density at radius 3 is 2.68 bits per heavy atom. The topological polar surface area (TPSA) is 102 Å². The maximum absolute atomic E-state index is 13.2. The van der Waals surface area contributed by atoms with Gasteiger partial charge in [0.1, 0.15) is 18.1 Å². The van der Waals surface area contributed by atoms with Crippen molar-refractivity contribution >= 4 is 10.9 Å². The second-order valence-electron chi connectivity index (χ2n) is 9.49. The van der Waals surface area contributed by atoms with Gasteiger partial charge in [-0.3, -0.25) is 9.69 Å². The van der Waals surface area contributed by atoms with Crippen LogP contribution in [-0.2, 0) is 19.6 Å². The molecule has 0 bridgehead atoms. The van der Waals surface area contributed by atoms with Gasteiger partial charge in [-0.15, -0.1) is 5.10 Å². The van der Waals surface area contributed by atoms with E-state index in [1.54, 1.807) is 18.1 Å². The predicted octanol–water partition coefficient (Wildman–Crippen LogP) is 5.02.